The Balaban J connectivity index is 2.50. The van der Waals surface area contributed by atoms with Crippen molar-refractivity contribution in [1.82, 2.24) is 9.97 Å². The van der Waals surface area contributed by atoms with Crippen molar-refractivity contribution in [2.45, 2.75) is 0 Å². The summed E-state index contributed by atoms with van der Waals surface area (Å²) in [5, 5.41) is 8.99. The number of H-pyrrole nitrogens is 1. The lowest BCUT2D eigenvalue weighted by molar-refractivity contribution is 0.0694. The van der Waals surface area contributed by atoms with Crippen molar-refractivity contribution >= 4 is 5.97 Å². The van der Waals surface area contributed by atoms with Crippen molar-refractivity contribution in [2.75, 3.05) is 7.11 Å². The molecule has 104 valence electrons. The van der Waals surface area contributed by atoms with Gasteiger partial charge in [-0.2, -0.15) is 0 Å². The van der Waals surface area contributed by atoms with Crippen molar-refractivity contribution in [3.05, 3.63) is 46.3 Å². The first-order valence-electron chi connectivity index (χ1n) is 5.35. The smallest absolute Gasteiger partial charge is 0.339 e. The van der Waals surface area contributed by atoms with Gasteiger partial charge in [0.15, 0.2) is 0 Å². The average Bonchev–Trinajstić information content (AvgIpc) is 2.38. The van der Waals surface area contributed by atoms with Gasteiger partial charge in [0.2, 0.25) is 5.75 Å². The summed E-state index contributed by atoms with van der Waals surface area (Å²) in [7, 11) is 1.22. The second kappa shape index (κ2) is 5.39. The van der Waals surface area contributed by atoms with Gasteiger partial charge in [-0.25, -0.2) is 14.2 Å². The number of carboxylic acid groups (broad SMARTS) is 1. The number of methoxy groups -OCH3 is 1. The molecule has 0 aliphatic rings. The molecule has 0 aliphatic heterocycles. The van der Waals surface area contributed by atoms with Crippen LogP contribution in [0, 0.1) is 5.82 Å². The molecule has 20 heavy (non-hydrogen) atoms. The first-order valence-corrected chi connectivity index (χ1v) is 5.35. The first-order chi connectivity index (χ1) is 9.52. The third-order valence-electron chi connectivity index (χ3n) is 2.36. The van der Waals surface area contributed by atoms with E-state index < -0.39 is 17.3 Å². The predicted molar refractivity (Wildman–Crippen MR) is 64.8 cm³/mol. The Hall–Kier alpha value is -2.90. The summed E-state index contributed by atoms with van der Waals surface area (Å²) in [5.41, 5.74) is -0.874. The van der Waals surface area contributed by atoms with Crippen LogP contribution in [-0.2, 0) is 0 Å². The zero-order valence-corrected chi connectivity index (χ0v) is 10.2. The summed E-state index contributed by atoms with van der Waals surface area (Å²) < 4.78 is 23.2. The molecule has 0 amide bonds. The minimum absolute atomic E-state index is 0.242. The highest BCUT2D eigenvalue weighted by Crippen LogP contribution is 2.28. The summed E-state index contributed by atoms with van der Waals surface area (Å²) in [6, 6.07) is 2.91. The van der Waals surface area contributed by atoms with Crippen LogP contribution < -0.4 is 15.0 Å². The summed E-state index contributed by atoms with van der Waals surface area (Å²) in [5.74, 6) is -2.77. The number of aromatic nitrogens is 2. The van der Waals surface area contributed by atoms with E-state index in [-0.39, 0.29) is 22.9 Å². The molecule has 2 aromatic rings. The molecular weight excluding hydrogens is 271 g/mol. The quantitative estimate of drug-likeness (QED) is 0.878. The van der Waals surface area contributed by atoms with E-state index in [1.54, 1.807) is 0 Å². The maximum atomic E-state index is 13.2. The van der Waals surface area contributed by atoms with Gasteiger partial charge in [-0.15, -0.1) is 0 Å². The fraction of sp³-hybridized carbons (Fsp3) is 0.0833. The van der Waals surface area contributed by atoms with Gasteiger partial charge in [-0.3, -0.25) is 4.79 Å². The molecule has 2 rings (SSSR count). The molecule has 2 N–H and O–H groups in total. The number of hydrogen-bond donors (Lipinski definition) is 2. The van der Waals surface area contributed by atoms with Crippen LogP contribution in [0.25, 0.3) is 0 Å². The van der Waals surface area contributed by atoms with Crippen molar-refractivity contribution < 1.29 is 23.8 Å². The van der Waals surface area contributed by atoms with E-state index in [9.17, 15) is 14.0 Å². The zero-order valence-electron chi connectivity index (χ0n) is 10.2. The number of halogens is 1. The zero-order chi connectivity index (χ0) is 14.7. The number of benzene rings is 1. The minimum atomic E-state index is -1.30. The van der Waals surface area contributed by atoms with Gasteiger partial charge in [0, 0.05) is 6.07 Å². The number of hydrogen-bond acceptors (Lipinski definition) is 5. The summed E-state index contributed by atoms with van der Waals surface area (Å²) >= 11 is 0. The maximum absolute atomic E-state index is 13.2. The van der Waals surface area contributed by atoms with Gasteiger partial charge in [-0.05, 0) is 12.1 Å². The highest BCUT2D eigenvalue weighted by Gasteiger charge is 2.17. The molecule has 8 heteroatoms. The molecule has 1 aromatic heterocycles. The van der Waals surface area contributed by atoms with Crippen LogP contribution >= 0.6 is 0 Å². The molecule has 0 saturated carbocycles. The topological polar surface area (TPSA) is 102 Å². The lowest BCUT2D eigenvalue weighted by Crippen LogP contribution is -2.11. The Kier molecular flexibility index (Phi) is 3.65. The minimum Gasteiger partial charge on any atom is -0.487 e. The molecule has 0 unspecified atom stereocenters. The second-order valence-electron chi connectivity index (χ2n) is 3.62. The lowest BCUT2D eigenvalue weighted by Gasteiger charge is -2.09. The molecule has 0 radical (unpaired) electrons. The van der Waals surface area contributed by atoms with Crippen LogP contribution in [0.2, 0.25) is 0 Å². The fourth-order valence-corrected chi connectivity index (χ4v) is 1.48. The average molecular weight is 280 g/mol. The van der Waals surface area contributed by atoms with Crippen LogP contribution in [0.5, 0.6) is 17.4 Å². The van der Waals surface area contributed by atoms with E-state index in [2.05, 4.69) is 9.97 Å². The number of aromatic amines is 1. The molecule has 0 aliphatic carbocycles. The molecule has 0 atom stereocenters. The fourth-order valence-electron chi connectivity index (χ4n) is 1.48. The Morgan fingerprint density at radius 1 is 1.45 bits per heavy atom. The third kappa shape index (κ3) is 2.58. The van der Waals surface area contributed by atoms with Gasteiger partial charge >= 0.3 is 5.97 Å². The van der Waals surface area contributed by atoms with Gasteiger partial charge in [-0.1, -0.05) is 0 Å². The van der Waals surface area contributed by atoms with E-state index in [0.717, 1.165) is 24.5 Å². The van der Waals surface area contributed by atoms with Crippen molar-refractivity contribution in [1.29, 1.82) is 0 Å². The van der Waals surface area contributed by atoms with Crippen LogP contribution in [-0.4, -0.2) is 28.2 Å². The number of carboxylic acids is 1. The number of rotatable bonds is 4. The highest BCUT2D eigenvalue weighted by molar-refractivity contribution is 5.90. The van der Waals surface area contributed by atoms with Crippen molar-refractivity contribution in [2.24, 2.45) is 0 Å². The number of nitrogens with zero attached hydrogens (tertiary/aromatic N) is 1. The Morgan fingerprint density at radius 2 is 2.20 bits per heavy atom. The molecule has 0 spiro atoms. The maximum Gasteiger partial charge on any atom is 0.339 e. The van der Waals surface area contributed by atoms with Gasteiger partial charge < -0.3 is 19.6 Å². The standard InChI is InChI=1S/C12H9FN2O5/c1-19-9-10(16)14-5-15-11(9)20-8-4-6(13)2-3-7(8)12(17)18/h2-5H,1H3,(H,17,18)(H,14,15,16). The summed E-state index contributed by atoms with van der Waals surface area (Å²) in [4.78, 5) is 28.5. The van der Waals surface area contributed by atoms with Gasteiger partial charge in [0.1, 0.15) is 17.1 Å². The van der Waals surface area contributed by atoms with Gasteiger partial charge in [0.05, 0.1) is 13.4 Å². The first kappa shape index (κ1) is 13.5. The molecule has 1 heterocycles. The third-order valence-corrected chi connectivity index (χ3v) is 2.36. The Labute approximate surface area is 111 Å². The lowest BCUT2D eigenvalue weighted by atomic mass is 10.2. The van der Waals surface area contributed by atoms with E-state index >= 15 is 0 Å². The number of ether oxygens (including phenoxy) is 2. The Bertz CT molecular complexity index is 713. The van der Waals surface area contributed by atoms with Crippen LogP contribution in [0.3, 0.4) is 0 Å². The van der Waals surface area contributed by atoms with Crippen molar-refractivity contribution in [3.63, 3.8) is 0 Å². The highest BCUT2D eigenvalue weighted by atomic mass is 19.1. The van der Waals surface area contributed by atoms with Crippen LogP contribution in [0.1, 0.15) is 10.4 Å². The second-order valence-corrected chi connectivity index (χ2v) is 3.62. The predicted octanol–water partition coefficient (Wildman–Crippen LogP) is 1.41. The van der Waals surface area contributed by atoms with Gasteiger partial charge in [0.25, 0.3) is 11.4 Å². The van der Waals surface area contributed by atoms with Crippen molar-refractivity contribution in [3.8, 4) is 17.4 Å². The number of carbonyl (C=O) groups is 1. The molecule has 0 saturated heterocycles. The van der Waals surface area contributed by atoms with E-state index in [0.29, 0.717) is 0 Å². The normalized spacial score (nSPS) is 10.1. The molecule has 0 fully saturated rings. The van der Waals surface area contributed by atoms with E-state index in [1.807, 2.05) is 0 Å². The molecule has 7 nitrogen and oxygen atoms in total. The Morgan fingerprint density at radius 3 is 2.85 bits per heavy atom. The van der Waals surface area contributed by atoms with E-state index in [4.69, 9.17) is 14.6 Å². The summed E-state index contributed by atoms with van der Waals surface area (Å²) in [6.07, 6.45) is 1.06. The molecular formula is C12H9FN2O5. The largest absolute Gasteiger partial charge is 0.487 e. The SMILES string of the molecule is COc1c(Oc2cc(F)ccc2C(=O)O)nc[nH]c1=O. The molecule has 0 bridgehead atoms. The van der Waals surface area contributed by atoms with E-state index in [1.165, 1.54) is 7.11 Å². The van der Waals surface area contributed by atoms with Crippen LogP contribution in [0.4, 0.5) is 4.39 Å². The monoisotopic (exact) mass is 280 g/mol. The summed E-state index contributed by atoms with van der Waals surface area (Å²) in [6.45, 7) is 0. The molecule has 1 aromatic carbocycles. The number of nitrogens with one attached hydrogen (secondary N) is 1. The van der Waals surface area contributed by atoms with Crippen LogP contribution in [0.15, 0.2) is 29.3 Å². The number of aromatic carboxylic acids is 1.